The Hall–Kier alpha value is -0.610. The van der Waals surface area contributed by atoms with Gasteiger partial charge < -0.3 is 15.0 Å². The van der Waals surface area contributed by atoms with E-state index < -0.39 is 0 Å². The van der Waals surface area contributed by atoms with Crippen LogP contribution < -0.4 is 5.32 Å². The molecular weight excluding hydrogens is 192 g/mol. The maximum absolute atomic E-state index is 11.8. The van der Waals surface area contributed by atoms with Crippen LogP contribution in [0.4, 0.5) is 0 Å². The van der Waals surface area contributed by atoms with Crippen LogP contribution in [0.2, 0.25) is 0 Å². The van der Waals surface area contributed by atoms with Crippen molar-refractivity contribution in [2.45, 2.75) is 13.3 Å². The third-order valence-corrected chi connectivity index (χ3v) is 3.41. The molecule has 2 aliphatic heterocycles. The first-order chi connectivity index (χ1) is 7.31. The van der Waals surface area contributed by atoms with Crippen LogP contribution in [0.15, 0.2) is 0 Å². The van der Waals surface area contributed by atoms with Crippen LogP contribution in [0.5, 0.6) is 0 Å². The van der Waals surface area contributed by atoms with Gasteiger partial charge in [0.1, 0.15) is 0 Å². The number of ether oxygens (including phenoxy) is 1. The molecule has 2 aliphatic rings. The third-order valence-electron chi connectivity index (χ3n) is 3.41. The summed E-state index contributed by atoms with van der Waals surface area (Å²) in [7, 11) is 0. The zero-order chi connectivity index (χ0) is 10.7. The summed E-state index contributed by atoms with van der Waals surface area (Å²) in [4.78, 5) is 13.8. The number of fused-ring (bicyclic) bond motifs is 1. The van der Waals surface area contributed by atoms with Gasteiger partial charge in [-0.2, -0.15) is 0 Å². The molecule has 0 unspecified atom stereocenters. The van der Waals surface area contributed by atoms with Crippen LogP contribution in [0.1, 0.15) is 13.3 Å². The lowest BCUT2D eigenvalue weighted by Gasteiger charge is -2.17. The molecule has 0 radical (unpaired) electrons. The number of hydrogen-bond acceptors (Lipinski definition) is 3. The topological polar surface area (TPSA) is 41.6 Å². The van der Waals surface area contributed by atoms with Crippen LogP contribution in [0.3, 0.4) is 0 Å². The predicted octanol–water partition coefficient (Wildman–Crippen LogP) is 0.0908. The number of nitrogens with one attached hydrogen (secondary N) is 1. The first-order valence-electron chi connectivity index (χ1n) is 5.87. The maximum Gasteiger partial charge on any atom is 0.224 e. The molecule has 0 bridgehead atoms. The van der Waals surface area contributed by atoms with Gasteiger partial charge in [0.2, 0.25) is 5.91 Å². The van der Waals surface area contributed by atoms with Crippen molar-refractivity contribution in [1.29, 1.82) is 0 Å². The second-order valence-electron chi connectivity index (χ2n) is 4.42. The highest BCUT2D eigenvalue weighted by Crippen LogP contribution is 2.26. The molecule has 86 valence electrons. The number of nitrogens with zero attached hydrogens (tertiary/aromatic N) is 1. The van der Waals surface area contributed by atoms with Gasteiger partial charge in [-0.3, -0.25) is 4.79 Å². The molecule has 0 saturated carbocycles. The quantitative estimate of drug-likeness (QED) is 0.672. The van der Waals surface area contributed by atoms with E-state index in [1.54, 1.807) is 0 Å². The van der Waals surface area contributed by atoms with E-state index in [9.17, 15) is 4.79 Å². The molecule has 0 spiro atoms. The molecule has 2 atom stereocenters. The molecule has 0 aliphatic carbocycles. The second kappa shape index (κ2) is 4.94. The van der Waals surface area contributed by atoms with Crippen molar-refractivity contribution in [2.75, 3.05) is 39.4 Å². The van der Waals surface area contributed by atoms with Gasteiger partial charge in [0.15, 0.2) is 0 Å². The molecule has 2 heterocycles. The standard InChI is InChI=1S/C11H20N2O2/c1-2-15-4-3-11(14)13-7-9-5-12-6-10(9)8-13/h9-10,12H,2-8H2,1H3/t9-,10+. The van der Waals surface area contributed by atoms with E-state index in [-0.39, 0.29) is 5.91 Å². The molecule has 2 fully saturated rings. The molecule has 1 amide bonds. The SMILES string of the molecule is CCOCCC(=O)N1C[C@H]2CNC[C@H]2C1. The fourth-order valence-corrected chi connectivity index (χ4v) is 2.52. The van der Waals surface area contributed by atoms with E-state index in [4.69, 9.17) is 4.74 Å². The molecule has 1 N–H and O–H groups in total. The van der Waals surface area contributed by atoms with E-state index in [1.807, 2.05) is 11.8 Å². The van der Waals surface area contributed by atoms with Gasteiger partial charge in [0.25, 0.3) is 0 Å². The van der Waals surface area contributed by atoms with Crippen molar-refractivity contribution in [3.8, 4) is 0 Å². The van der Waals surface area contributed by atoms with Gasteiger partial charge in [-0.1, -0.05) is 0 Å². The molecule has 0 aromatic carbocycles. The highest BCUT2D eigenvalue weighted by atomic mass is 16.5. The third kappa shape index (κ3) is 2.49. The Morgan fingerprint density at radius 3 is 2.67 bits per heavy atom. The van der Waals surface area contributed by atoms with Crippen molar-refractivity contribution in [2.24, 2.45) is 11.8 Å². The van der Waals surface area contributed by atoms with E-state index in [0.717, 1.165) is 26.2 Å². The number of likely N-dealkylation sites (tertiary alicyclic amines) is 1. The van der Waals surface area contributed by atoms with Crippen LogP contribution >= 0.6 is 0 Å². The van der Waals surface area contributed by atoms with Crippen LogP contribution in [-0.4, -0.2) is 50.2 Å². The fraction of sp³-hybridized carbons (Fsp3) is 0.909. The van der Waals surface area contributed by atoms with Crippen molar-refractivity contribution in [3.05, 3.63) is 0 Å². The second-order valence-corrected chi connectivity index (χ2v) is 4.42. The molecule has 0 aromatic heterocycles. The molecule has 2 rings (SSSR count). The molecule has 4 heteroatoms. The van der Waals surface area contributed by atoms with Gasteiger partial charge in [-0.15, -0.1) is 0 Å². The maximum atomic E-state index is 11.8. The first kappa shape index (κ1) is 10.9. The van der Waals surface area contributed by atoms with E-state index >= 15 is 0 Å². The fourth-order valence-electron chi connectivity index (χ4n) is 2.52. The van der Waals surface area contributed by atoms with Crippen LogP contribution in [-0.2, 0) is 9.53 Å². The zero-order valence-electron chi connectivity index (χ0n) is 9.37. The van der Waals surface area contributed by atoms with Gasteiger partial charge in [0, 0.05) is 32.8 Å². The Labute approximate surface area is 91.0 Å². The lowest BCUT2D eigenvalue weighted by Crippen LogP contribution is -2.32. The molecule has 2 saturated heterocycles. The Bertz CT molecular complexity index is 221. The molecular formula is C11H20N2O2. The Balaban J connectivity index is 1.73. The van der Waals surface area contributed by atoms with Crippen molar-refractivity contribution in [3.63, 3.8) is 0 Å². The Morgan fingerprint density at radius 1 is 1.40 bits per heavy atom. The summed E-state index contributed by atoms with van der Waals surface area (Å²) in [5.74, 6) is 1.65. The molecule has 4 nitrogen and oxygen atoms in total. The summed E-state index contributed by atoms with van der Waals surface area (Å²) >= 11 is 0. The monoisotopic (exact) mass is 212 g/mol. The summed E-state index contributed by atoms with van der Waals surface area (Å²) in [5, 5.41) is 3.37. The Kier molecular flexibility index (Phi) is 3.59. The van der Waals surface area contributed by atoms with Gasteiger partial charge in [-0.05, 0) is 18.8 Å². The Morgan fingerprint density at radius 2 is 2.07 bits per heavy atom. The molecule has 0 aromatic rings. The van der Waals surface area contributed by atoms with E-state index in [1.165, 1.54) is 0 Å². The smallest absolute Gasteiger partial charge is 0.224 e. The average molecular weight is 212 g/mol. The van der Waals surface area contributed by atoms with E-state index in [2.05, 4.69) is 5.32 Å². The number of hydrogen-bond donors (Lipinski definition) is 1. The number of amides is 1. The number of rotatable bonds is 4. The average Bonchev–Trinajstić information content (AvgIpc) is 2.76. The van der Waals surface area contributed by atoms with Crippen molar-refractivity contribution < 1.29 is 9.53 Å². The van der Waals surface area contributed by atoms with Crippen LogP contribution in [0, 0.1) is 11.8 Å². The minimum absolute atomic E-state index is 0.262. The summed E-state index contributed by atoms with van der Waals surface area (Å²) in [6.07, 6.45) is 0.542. The van der Waals surface area contributed by atoms with Crippen LogP contribution in [0.25, 0.3) is 0 Å². The predicted molar refractivity (Wildman–Crippen MR) is 57.5 cm³/mol. The largest absolute Gasteiger partial charge is 0.381 e. The lowest BCUT2D eigenvalue weighted by atomic mass is 10.0. The summed E-state index contributed by atoms with van der Waals surface area (Å²) in [6, 6.07) is 0. The highest BCUT2D eigenvalue weighted by Gasteiger charge is 2.37. The molecule has 15 heavy (non-hydrogen) atoms. The highest BCUT2D eigenvalue weighted by molar-refractivity contribution is 5.76. The van der Waals surface area contributed by atoms with Gasteiger partial charge in [0.05, 0.1) is 13.0 Å². The summed E-state index contributed by atoms with van der Waals surface area (Å²) in [6.45, 7) is 7.28. The minimum Gasteiger partial charge on any atom is -0.381 e. The number of carbonyl (C=O) groups excluding carboxylic acids is 1. The number of carbonyl (C=O) groups is 1. The van der Waals surface area contributed by atoms with Crippen molar-refractivity contribution >= 4 is 5.91 Å². The lowest BCUT2D eigenvalue weighted by molar-refractivity contribution is -0.131. The van der Waals surface area contributed by atoms with Crippen molar-refractivity contribution in [1.82, 2.24) is 10.2 Å². The normalized spacial score (nSPS) is 29.5. The van der Waals surface area contributed by atoms with Gasteiger partial charge in [-0.25, -0.2) is 0 Å². The summed E-state index contributed by atoms with van der Waals surface area (Å²) in [5.41, 5.74) is 0. The first-order valence-corrected chi connectivity index (χ1v) is 5.87. The summed E-state index contributed by atoms with van der Waals surface area (Å²) < 4.78 is 5.20. The van der Waals surface area contributed by atoms with Gasteiger partial charge >= 0.3 is 0 Å². The minimum atomic E-state index is 0.262. The zero-order valence-corrected chi connectivity index (χ0v) is 9.37. The van der Waals surface area contributed by atoms with E-state index in [0.29, 0.717) is 31.5 Å².